The van der Waals surface area contributed by atoms with Crippen LogP contribution in [0.25, 0.3) is 5.65 Å². The van der Waals surface area contributed by atoms with Gasteiger partial charge in [-0.15, -0.1) is 5.10 Å². The quantitative estimate of drug-likeness (QED) is 0.738. The zero-order valence-corrected chi connectivity index (χ0v) is 12.1. The molecule has 0 aliphatic carbocycles. The first-order chi connectivity index (χ1) is 10.1. The maximum absolute atomic E-state index is 12.2. The molecule has 0 atom stereocenters. The highest BCUT2D eigenvalue weighted by atomic mass is 16.5. The molecule has 0 spiro atoms. The summed E-state index contributed by atoms with van der Waals surface area (Å²) < 4.78 is 8.67. The van der Waals surface area contributed by atoms with Crippen LogP contribution in [0.15, 0.2) is 53.5 Å². The van der Waals surface area contributed by atoms with Gasteiger partial charge in [-0.05, 0) is 43.7 Å². The fourth-order valence-corrected chi connectivity index (χ4v) is 2.23. The molecule has 0 bridgehead atoms. The van der Waals surface area contributed by atoms with Crippen LogP contribution in [0.3, 0.4) is 0 Å². The van der Waals surface area contributed by atoms with Crippen molar-refractivity contribution < 1.29 is 4.74 Å². The second-order valence-electron chi connectivity index (χ2n) is 5.18. The molecule has 0 saturated heterocycles. The second-order valence-corrected chi connectivity index (χ2v) is 5.18. The molecule has 0 saturated carbocycles. The van der Waals surface area contributed by atoms with Gasteiger partial charge in [-0.25, -0.2) is 9.48 Å². The van der Waals surface area contributed by atoms with Crippen LogP contribution in [0, 0.1) is 0 Å². The average molecular weight is 283 g/mol. The van der Waals surface area contributed by atoms with Crippen LogP contribution < -0.4 is 10.4 Å². The smallest absolute Gasteiger partial charge is 0.350 e. The molecule has 0 fully saturated rings. The summed E-state index contributed by atoms with van der Waals surface area (Å²) in [6.07, 6.45) is 1.84. The summed E-state index contributed by atoms with van der Waals surface area (Å²) in [5, 5.41) is 4.32. The van der Waals surface area contributed by atoms with Crippen molar-refractivity contribution in [2.24, 2.45) is 0 Å². The number of nitrogens with zero attached hydrogens (tertiary/aromatic N) is 3. The third kappa shape index (κ3) is 2.81. The molecule has 0 aliphatic heterocycles. The van der Waals surface area contributed by atoms with E-state index in [1.807, 2.05) is 56.3 Å². The summed E-state index contributed by atoms with van der Waals surface area (Å²) in [6, 6.07) is 13.2. The van der Waals surface area contributed by atoms with Gasteiger partial charge in [0.1, 0.15) is 5.75 Å². The SMILES string of the molecule is CC(C)Oc1cccc(Cn2nc3ccccn3c2=O)c1. The number of hydrogen-bond donors (Lipinski definition) is 0. The van der Waals surface area contributed by atoms with Crippen LogP contribution in [-0.4, -0.2) is 20.3 Å². The van der Waals surface area contributed by atoms with E-state index in [4.69, 9.17) is 4.74 Å². The van der Waals surface area contributed by atoms with Crippen molar-refractivity contribution in [2.45, 2.75) is 26.5 Å². The van der Waals surface area contributed by atoms with Crippen LogP contribution in [0.5, 0.6) is 5.75 Å². The zero-order valence-electron chi connectivity index (χ0n) is 12.1. The summed E-state index contributed by atoms with van der Waals surface area (Å²) >= 11 is 0. The van der Waals surface area contributed by atoms with Gasteiger partial charge in [0.05, 0.1) is 12.6 Å². The van der Waals surface area contributed by atoms with Crippen LogP contribution in [0.1, 0.15) is 19.4 Å². The molecule has 5 heteroatoms. The Labute approximate surface area is 122 Å². The maximum atomic E-state index is 12.2. The van der Waals surface area contributed by atoms with E-state index < -0.39 is 0 Å². The molecule has 2 heterocycles. The lowest BCUT2D eigenvalue weighted by molar-refractivity contribution is 0.242. The summed E-state index contributed by atoms with van der Waals surface area (Å²) in [4.78, 5) is 12.2. The largest absolute Gasteiger partial charge is 0.491 e. The number of ether oxygens (including phenoxy) is 1. The first-order valence-electron chi connectivity index (χ1n) is 6.93. The number of fused-ring (bicyclic) bond motifs is 1. The fourth-order valence-electron chi connectivity index (χ4n) is 2.23. The topological polar surface area (TPSA) is 48.5 Å². The number of hydrogen-bond acceptors (Lipinski definition) is 3. The summed E-state index contributed by atoms with van der Waals surface area (Å²) in [5.74, 6) is 0.805. The van der Waals surface area contributed by atoms with E-state index in [-0.39, 0.29) is 11.8 Å². The minimum absolute atomic E-state index is 0.123. The zero-order chi connectivity index (χ0) is 14.8. The predicted molar refractivity (Wildman–Crippen MR) is 80.8 cm³/mol. The van der Waals surface area contributed by atoms with Gasteiger partial charge in [0, 0.05) is 6.20 Å². The lowest BCUT2D eigenvalue weighted by Gasteiger charge is -2.10. The standard InChI is InChI=1S/C16H17N3O2/c1-12(2)21-14-7-5-6-13(10-14)11-19-16(20)18-9-4-3-8-15(18)17-19/h3-10,12H,11H2,1-2H3. The first-order valence-corrected chi connectivity index (χ1v) is 6.93. The van der Waals surface area contributed by atoms with Gasteiger partial charge in [-0.1, -0.05) is 18.2 Å². The Balaban J connectivity index is 1.91. The number of aromatic nitrogens is 3. The van der Waals surface area contributed by atoms with Gasteiger partial charge in [-0.2, -0.15) is 0 Å². The Hall–Kier alpha value is -2.56. The summed E-state index contributed by atoms with van der Waals surface area (Å²) in [5.41, 5.74) is 1.50. The van der Waals surface area contributed by atoms with Crippen molar-refractivity contribution >= 4 is 5.65 Å². The molecular weight excluding hydrogens is 266 g/mol. The van der Waals surface area contributed by atoms with Crippen molar-refractivity contribution in [3.05, 3.63) is 64.7 Å². The summed E-state index contributed by atoms with van der Waals surface area (Å²) in [7, 11) is 0. The van der Waals surface area contributed by atoms with E-state index in [1.54, 1.807) is 6.20 Å². The van der Waals surface area contributed by atoms with E-state index in [9.17, 15) is 4.79 Å². The third-order valence-corrected chi connectivity index (χ3v) is 3.09. The van der Waals surface area contributed by atoms with Gasteiger partial charge in [0.2, 0.25) is 0 Å². The molecule has 5 nitrogen and oxygen atoms in total. The van der Waals surface area contributed by atoms with Crippen molar-refractivity contribution in [1.29, 1.82) is 0 Å². The highest BCUT2D eigenvalue weighted by Crippen LogP contribution is 2.15. The van der Waals surface area contributed by atoms with E-state index in [1.165, 1.54) is 9.08 Å². The molecule has 0 unspecified atom stereocenters. The van der Waals surface area contributed by atoms with Gasteiger partial charge in [-0.3, -0.25) is 4.40 Å². The highest BCUT2D eigenvalue weighted by molar-refractivity contribution is 5.36. The minimum Gasteiger partial charge on any atom is -0.491 e. The third-order valence-electron chi connectivity index (χ3n) is 3.09. The first kappa shape index (κ1) is 13.4. The van der Waals surface area contributed by atoms with Crippen LogP contribution in [-0.2, 0) is 6.54 Å². The van der Waals surface area contributed by atoms with E-state index in [0.29, 0.717) is 12.2 Å². The molecule has 0 radical (unpaired) electrons. The molecule has 0 N–H and O–H groups in total. The predicted octanol–water partition coefficient (Wildman–Crippen LogP) is 2.33. The number of rotatable bonds is 4. The van der Waals surface area contributed by atoms with Crippen molar-refractivity contribution in [3.8, 4) is 5.75 Å². The fraction of sp³-hybridized carbons (Fsp3) is 0.250. The van der Waals surface area contributed by atoms with E-state index >= 15 is 0 Å². The molecule has 2 aromatic heterocycles. The Kier molecular flexibility index (Phi) is 3.48. The van der Waals surface area contributed by atoms with Gasteiger partial charge >= 0.3 is 5.69 Å². The normalized spacial score (nSPS) is 11.2. The molecular formula is C16H17N3O2. The van der Waals surface area contributed by atoms with Crippen molar-refractivity contribution in [3.63, 3.8) is 0 Å². The molecule has 21 heavy (non-hydrogen) atoms. The number of benzene rings is 1. The molecule has 3 aromatic rings. The average Bonchev–Trinajstić information content (AvgIpc) is 2.76. The van der Waals surface area contributed by atoms with E-state index in [0.717, 1.165) is 11.3 Å². The van der Waals surface area contributed by atoms with E-state index in [2.05, 4.69) is 5.10 Å². The lowest BCUT2D eigenvalue weighted by atomic mass is 10.2. The maximum Gasteiger partial charge on any atom is 0.350 e. The molecule has 0 amide bonds. The van der Waals surface area contributed by atoms with Crippen LogP contribution in [0.4, 0.5) is 0 Å². The van der Waals surface area contributed by atoms with Crippen molar-refractivity contribution in [1.82, 2.24) is 14.2 Å². The summed E-state index contributed by atoms with van der Waals surface area (Å²) in [6.45, 7) is 4.40. The molecule has 1 aromatic carbocycles. The molecule has 3 rings (SSSR count). The second kappa shape index (κ2) is 5.44. The Morgan fingerprint density at radius 1 is 1.19 bits per heavy atom. The van der Waals surface area contributed by atoms with Crippen molar-refractivity contribution in [2.75, 3.05) is 0 Å². The highest BCUT2D eigenvalue weighted by Gasteiger charge is 2.07. The van der Waals surface area contributed by atoms with Gasteiger partial charge in [0.15, 0.2) is 5.65 Å². The lowest BCUT2D eigenvalue weighted by Crippen LogP contribution is -2.21. The Morgan fingerprint density at radius 2 is 2.05 bits per heavy atom. The van der Waals surface area contributed by atoms with Crippen LogP contribution >= 0.6 is 0 Å². The van der Waals surface area contributed by atoms with Gasteiger partial charge in [0.25, 0.3) is 0 Å². The molecule has 108 valence electrons. The number of pyridine rings is 1. The van der Waals surface area contributed by atoms with Crippen LogP contribution in [0.2, 0.25) is 0 Å². The molecule has 0 aliphatic rings. The Morgan fingerprint density at radius 3 is 2.81 bits per heavy atom. The van der Waals surface area contributed by atoms with Gasteiger partial charge < -0.3 is 4.74 Å². The Bertz CT molecular complexity index is 818. The monoisotopic (exact) mass is 283 g/mol. The minimum atomic E-state index is -0.138.